The average molecular weight is 802 g/mol. The molecule has 1 amide bonds. The monoisotopic (exact) mass is 800 g/mol. The van der Waals surface area contributed by atoms with Crippen molar-refractivity contribution in [2.75, 3.05) is 43.4 Å². The second kappa shape index (κ2) is 12.8. The predicted molar refractivity (Wildman–Crippen MR) is 194 cm³/mol. The van der Waals surface area contributed by atoms with E-state index in [1.807, 2.05) is 6.07 Å². The summed E-state index contributed by atoms with van der Waals surface area (Å²) in [7, 11) is 0. The van der Waals surface area contributed by atoms with Crippen molar-refractivity contribution in [1.29, 1.82) is 5.26 Å². The van der Waals surface area contributed by atoms with Crippen LogP contribution in [0.25, 0.3) is 32.1 Å². The lowest BCUT2D eigenvalue weighted by Crippen LogP contribution is -2.64. The maximum Gasteiger partial charge on any atom is 0.346 e. The van der Waals surface area contributed by atoms with Gasteiger partial charge in [-0.05, 0) is 80.9 Å². The molecule has 2 N–H and O–H groups in total. The van der Waals surface area contributed by atoms with Crippen molar-refractivity contribution in [3.05, 3.63) is 52.0 Å². The molecule has 19 heteroatoms. The molecule has 0 bridgehead atoms. The van der Waals surface area contributed by atoms with Crippen molar-refractivity contribution in [1.82, 2.24) is 34.5 Å². The summed E-state index contributed by atoms with van der Waals surface area (Å²) in [6.45, 7) is 2.28. The van der Waals surface area contributed by atoms with E-state index >= 15 is 13.2 Å². The fourth-order valence-electron chi connectivity index (χ4n) is 8.99. The first-order valence-corrected chi connectivity index (χ1v) is 18.9. The summed E-state index contributed by atoms with van der Waals surface area (Å²) in [5.74, 6) is -1.63. The Morgan fingerprint density at radius 1 is 1.15 bits per heavy atom. The summed E-state index contributed by atoms with van der Waals surface area (Å²) in [4.78, 5) is 31.7. The molecule has 0 aliphatic carbocycles. The quantitative estimate of drug-likeness (QED) is 0.177. The number of nitrogens with zero attached hydrogens (tertiary/aromatic N) is 9. The van der Waals surface area contributed by atoms with Gasteiger partial charge in [0, 0.05) is 29.4 Å². The number of ether oxygens (including phenoxy) is 1. The molecule has 5 aromatic rings. The highest BCUT2D eigenvalue weighted by Gasteiger charge is 2.58. The zero-order chi connectivity index (χ0) is 37.7. The predicted octanol–water partition coefficient (Wildman–Crippen LogP) is 7.11. The van der Waals surface area contributed by atoms with Crippen LogP contribution in [0.4, 0.5) is 33.2 Å². The molecule has 7 heterocycles. The summed E-state index contributed by atoms with van der Waals surface area (Å²) in [5.41, 5.74) is 4.43. The van der Waals surface area contributed by atoms with E-state index in [0.29, 0.717) is 6.42 Å². The molecule has 280 valence electrons. The molecule has 2 aromatic carbocycles. The lowest BCUT2D eigenvalue weighted by atomic mass is 9.82. The third-order valence-electron chi connectivity index (χ3n) is 11.6. The number of thiophene rings is 1. The van der Waals surface area contributed by atoms with E-state index in [-0.39, 0.29) is 96.5 Å². The number of carbonyl (C=O) groups is 1. The van der Waals surface area contributed by atoms with Crippen LogP contribution in [-0.2, 0) is 0 Å². The van der Waals surface area contributed by atoms with Crippen LogP contribution < -0.4 is 15.4 Å². The number of hydrogen-bond donors (Lipinski definition) is 1. The molecule has 3 aromatic heterocycles. The van der Waals surface area contributed by atoms with Gasteiger partial charge in [-0.2, -0.15) is 19.9 Å². The van der Waals surface area contributed by atoms with E-state index < -0.39 is 35.7 Å². The number of carbonyl (C=O) groups excluding carboxylic acids is 1. The number of nitrogen functional groups attached to an aromatic ring is 1. The number of anilines is 2. The van der Waals surface area contributed by atoms with E-state index in [1.54, 1.807) is 0 Å². The normalized spacial score (nSPS) is 22.1. The summed E-state index contributed by atoms with van der Waals surface area (Å²) in [5, 5.41) is 13.7. The third kappa shape index (κ3) is 5.28. The number of amides is 1. The highest BCUT2D eigenvalue weighted by molar-refractivity contribution is 7.23. The highest BCUT2D eigenvalue weighted by Crippen LogP contribution is 2.49. The number of rotatable bonds is 6. The minimum atomic E-state index is -2.89. The Labute approximate surface area is 319 Å². The van der Waals surface area contributed by atoms with Gasteiger partial charge < -0.3 is 20.3 Å². The van der Waals surface area contributed by atoms with Crippen molar-refractivity contribution in [2.24, 2.45) is 0 Å². The second-order valence-corrected chi connectivity index (χ2v) is 16.1. The summed E-state index contributed by atoms with van der Waals surface area (Å²) in [6.07, 6.45) is 2.36. The van der Waals surface area contributed by atoms with Crippen molar-refractivity contribution in [3.63, 3.8) is 0 Å². The van der Waals surface area contributed by atoms with E-state index in [0.717, 1.165) is 67.2 Å². The average Bonchev–Trinajstić information content (AvgIpc) is 3.96. The Kier molecular flexibility index (Phi) is 8.34. The van der Waals surface area contributed by atoms with Crippen LogP contribution in [0.3, 0.4) is 0 Å². The van der Waals surface area contributed by atoms with Gasteiger partial charge in [0.1, 0.15) is 41.2 Å². The SMILES string of the molecule is N#Cc1c(N)sc2c(F)ccc(-c3c(Cl)cc4c(N5CC6(CCN6C(=O)n6cnc(Cl)n6)CC5C(F)F)nc(OCC56CCCN5CCC6)nc4c3F)c12. The second-order valence-electron chi connectivity index (χ2n) is 14.3. The molecule has 4 aliphatic heterocycles. The van der Waals surface area contributed by atoms with Gasteiger partial charge in [0.25, 0.3) is 6.43 Å². The Balaban J connectivity index is 1.19. The fraction of sp³-hybridized carbons (Fsp3) is 0.429. The Bertz CT molecular complexity index is 2410. The van der Waals surface area contributed by atoms with Crippen LogP contribution in [0.2, 0.25) is 10.3 Å². The van der Waals surface area contributed by atoms with Gasteiger partial charge in [0.15, 0.2) is 5.82 Å². The lowest BCUT2D eigenvalue weighted by molar-refractivity contribution is 0.0278. The zero-order valence-electron chi connectivity index (χ0n) is 28.3. The molecular weight excluding hydrogens is 771 g/mol. The van der Waals surface area contributed by atoms with E-state index in [9.17, 15) is 14.4 Å². The Morgan fingerprint density at radius 2 is 1.93 bits per heavy atom. The molecule has 54 heavy (non-hydrogen) atoms. The number of hydrogen-bond acceptors (Lipinski definition) is 11. The van der Waals surface area contributed by atoms with Crippen LogP contribution in [-0.4, -0.2) is 96.9 Å². The zero-order valence-corrected chi connectivity index (χ0v) is 30.7. The van der Waals surface area contributed by atoms with Gasteiger partial charge in [-0.25, -0.2) is 27.3 Å². The molecule has 4 saturated heterocycles. The molecule has 4 fully saturated rings. The number of aromatic nitrogens is 5. The van der Waals surface area contributed by atoms with Crippen LogP contribution in [0.1, 0.15) is 44.1 Å². The van der Waals surface area contributed by atoms with Crippen LogP contribution in [0.5, 0.6) is 6.01 Å². The van der Waals surface area contributed by atoms with Crippen LogP contribution in [0.15, 0.2) is 24.5 Å². The number of nitrogens with two attached hydrogens (primary N) is 1. The molecule has 12 nitrogen and oxygen atoms in total. The molecule has 4 aliphatic rings. The van der Waals surface area contributed by atoms with Gasteiger partial charge in [-0.3, -0.25) is 4.90 Å². The molecule has 1 spiro atoms. The molecule has 2 unspecified atom stereocenters. The Hall–Kier alpha value is -4.50. The van der Waals surface area contributed by atoms with E-state index in [4.69, 9.17) is 33.7 Å². The molecular formula is C35H30Cl2F4N10O2S. The van der Waals surface area contributed by atoms with Crippen molar-refractivity contribution in [3.8, 4) is 23.2 Å². The van der Waals surface area contributed by atoms with Gasteiger partial charge in [0.05, 0.1) is 32.4 Å². The van der Waals surface area contributed by atoms with Crippen molar-refractivity contribution < 1.29 is 27.1 Å². The van der Waals surface area contributed by atoms with Gasteiger partial charge in [-0.15, -0.1) is 16.4 Å². The molecule has 0 saturated carbocycles. The number of likely N-dealkylation sites (tertiary alicyclic amines) is 1. The van der Waals surface area contributed by atoms with Gasteiger partial charge in [0.2, 0.25) is 5.28 Å². The van der Waals surface area contributed by atoms with Gasteiger partial charge >= 0.3 is 12.0 Å². The number of nitriles is 1. The first-order chi connectivity index (χ1) is 25.9. The highest BCUT2D eigenvalue weighted by atomic mass is 35.5. The Morgan fingerprint density at radius 3 is 2.59 bits per heavy atom. The first kappa shape index (κ1) is 35.2. The first-order valence-electron chi connectivity index (χ1n) is 17.4. The maximum atomic E-state index is 17.2. The lowest BCUT2D eigenvalue weighted by Gasteiger charge is -2.50. The van der Waals surface area contributed by atoms with E-state index in [1.165, 1.54) is 21.9 Å². The van der Waals surface area contributed by atoms with Crippen molar-refractivity contribution in [2.45, 2.75) is 62.1 Å². The topological polar surface area (TPSA) is 142 Å². The molecule has 2 atom stereocenters. The summed E-state index contributed by atoms with van der Waals surface area (Å²) < 4.78 is 69.7. The fourth-order valence-corrected chi connectivity index (χ4v) is 10.4. The maximum absolute atomic E-state index is 17.2. The number of benzene rings is 2. The summed E-state index contributed by atoms with van der Waals surface area (Å²) >= 11 is 13.6. The van der Waals surface area contributed by atoms with E-state index in [2.05, 4.69) is 25.0 Å². The third-order valence-corrected chi connectivity index (χ3v) is 13.1. The van der Waals surface area contributed by atoms with Crippen LogP contribution >= 0.6 is 34.5 Å². The standard InChI is InChI=1S/C35H30Cl2F4N10O2S/c36-20-11-18-26(25(39)24(20)17-3-4-21(38)27-23(17)19(13-42)29(43)54-27)45-32(53-15-34-5-1-8-48(34)9-2-6-34)46-30(18)49-14-35(12-22(49)28(40)41)7-10-50(35)33(52)51-16-44-31(37)47-51/h3-4,11,16,22,28H,1-2,5-10,12,14-15,43H2. The molecule has 9 rings (SSSR count). The summed E-state index contributed by atoms with van der Waals surface area (Å²) in [6, 6.07) is 3.60. The van der Waals surface area contributed by atoms with Crippen molar-refractivity contribution >= 4 is 72.4 Å². The number of alkyl halides is 2. The number of fused-ring (bicyclic) bond motifs is 3. The molecule has 0 radical (unpaired) electrons. The number of halogens is 6. The van der Waals surface area contributed by atoms with Gasteiger partial charge in [-0.1, -0.05) is 17.7 Å². The largest absolute Gasteiger partial charge is 0.461 e. The van der Waals surface area contributed by atoms with Crippen LogP contribution in [0, 0.1) is 23.0 Å². The minimum absolute atomic E-state index is 0.0284. The minimum Gasteiger partial charge on any atom is -0.461 e. The smallest absolute Gasteiger partial charge is 0.346 e.